The average molecular weight is 759 g/mol. The van der Waals surface area contributed by atoms with Crippen LogP contribution in [-0.2, 0) is 23.8 Å². The number of unbranched alkanes of at least 4 members (excludes halogenated alkanes) is 26. The van der Waals surface area contributed by atoms with E-state index < -0.39 is 6.10 Å². The molecule has 0 radical (unpaired) electrons. The molecule has 0 aromatic rings. The van der Waals surface area contributed by atoms with E-state index in [-0.39, 0.29) is 25.2 Å². The molecule has 0 aliphatic heterocycles. The largest absolute Gasteiger partial charge is 0.462 e. The third-order valence-electron chi connectivity index (χ3n) is 10.1. The molecule has 0 saturated carbocycles. The first-order chi connectivity index (χ1) is 26.6. The maximum absolute atomic E-state index is 12.5. The van der Waals surface area contributed by atoms with Crippen LogP contribution >= 0.6 is 0 Å². The van der Waals surface area contributed by atoms with Gasteiger partial charge in [-0.15, -0.1) is 0 Å². The molecule has 1 atom stereocenters. The molecule has 0 spiro atoms. The van der Waals surface area contributed by atoms with Crippen molar-refractivity contribution in [2.45, 2.75) is 245 Å². The lowest BCUT2D eigenvalue weighted by molar-refractivity contribution is -0.163. The minimum absolute atomic E-state index is 0.0808. The van der Waals surface area contributed by atoms with Crippen molar-refractivity contribution in [2.24, 2.45) is 0 Å². The predicted octanol–water partition coefficient (Wildman–Crippen LogP) is 15.4. The van der Waals surface area contributed by atoms with Crippen LogP contribution < -0.4 is 0 Å². The number of carbonyl (C=O) groups is 2. The van der Waals surface area contributed by atoms with Gasteiger partial charge in [0.25, 0.3) is 0 Å². The van der Waals surface area contributed by atoms with Gasteiger partial charge in [0.1, 0.15) is 6.61 Å². The minimum atomic E-state index is -0.534. The van der Waals surface area contributed by atoms with Crippen molar-refractivity contribution < 1.29 is 23.8 Å². The van der Waals surface area contributed by atoms with Gasteiger partial charge in [0.05, 0.1) is 6.61 Å². The predicted molar refractivity (Wildman–Crippen MR) is 233 cm³/mol. The van der Waals surface area contributed by atoms with Crippen LogP contribution in [0, 0.1) is 0 Å². The van der Waals surface area contributed by atoms with Crippen LogP contribution in [0.2, 0.25) is 0 Å². The maximum atomic E-state index is 12.5. The summed E-state index contributed by atoms with van der Waals surface area (Å²) in [5, 5.41) is 0. The zero-order valence-corrected chi connectivity index (χ0v) is 36.2. The van der Waals surface area contributed by atoms with Gasteiger partial charge in [-0.1, -0.05) is 186 Å². The Morgan fingerprint density at radius 3 is 1.28 bits per heavy atom. The average Bonchev–Trinajstić information content (AvgIpc) is 3.17. The van der Waals surface area contributed by atoms with Crippen LogP contribution in [0.25, 0.3) is 0 Å². The van der Waals surface area contributed by atoms with Crippen molar-refractivity contribution in [3.63, 3.8) is 0 Å². The molecule has 5 nitrogen and oxygen atoms in total. The summed E-state index contributed by atoms with van der Waals surface area (Å²) >= 11 is 0. The first-order valence-corrected chi connectivity index (χ1v) is 23.5. The molecule has 0 heterocycles. The van der Waals surface area contributed by atoms with Gasteiger partial charge < -0.3 is 14.2 Å². The molecule has 0 N–H and O–H groups in total. The van der Waals surface area contributed by atoms with E-state index in [0.29, 0.717) is 19.4 Å². The third kappa shape index (κ3) is 42.9. The highest BCUT2D eigenvalue weighted by molar-refractivity contribution is 5.70. The number of ether oxygens (including phenoxy) is 3. The fraction of sp³-hybridized carbons (Fsp3) is 0.837. The number of hydrogen-bond acceptors (Lipinski definition) is 5. The second-order valence-corrected chi connectivity index (χ2v) is 15.7. The van der Waals surface area contributed by atoms with Crippen LogP contribution in [0.5, 0.6) is 0 Å². The highest BCUT2D eigenvalue weighted by Crippen LogP contribution is 2.13. The van der Waals surface area contributed by atoms with E-state index in [1.807, 2.05) is 0 Å². The summed E-state index contributed by atoms with van der Waals surface area (Å²) in [5.74, 6) is -0.416. The van der Waals surface area contributed by atoms with E-state index in [1.165, 1.54) is 141 Å². The molecule has 0 rings (SSSR count). The number of allylic oxidation sites excluding steroid dienone is 6. The van der Waals surface area contributed by atoms with E-state index in [2.05, 4.69) is 57.2 Å². The van der Waals surface area contributed by atoms with Gasteiger partial charge >= 0.3 is 11.9 Å². The summed E-state index contributed by atoms with van der Waals surface area (Å²) < 4.78 is 17.2. The second-order valence-electron chi connectivity index (χ2n) is 15.7. The topological polar surface area (TPSA) is 61.8 Å². The Morgan fingerprint density at radius 2 is 0.778 bits per heavy atom. The lowest BCUT2D eigenvalue weighted by Gasteiger charge is -2.18. The van der Waals surface area contributed by atoms with Gasteiger partial charge in [-0.3, -0.25) is 9.59 Å². The van der Waals surface area contributed by atoms with Crippen molar-refractivity contribution in [3.8, 4) is 0 Å². The number of hydrogen-bond donors (Lipinski definition) is 0. The first-order valence-electron chi connectivity index (χ1n) is 23.5. The summed E-state index contributed by atoms with van der Waals surface area (Å²) in [7, 11) is 0. The van der Waals surface area contributed by atoms with Crippen molar-refractivity contribution in [1.29, 1.82) is 0 Å². The molecule has 5 heteroatoms. The molecule has 0 saturated heterocycles. The van der Waals surface area contributed by atoms with Gasteiger partial charge in [0, 0.05) is 19.4 Å². The monoisotopic (exact) mass is 759 g/mol. The Balaban J connectivity index is 4.05. The summed E-state index contributed by atoms with van der Waals surface area (Å²) in [5.41, 5.74) is 0. The fourth-order valence-electron chi connectivity index (χ4n) is 6.59. The van der Waals surface area contributed by atoms with Crippen LogP contribution in [0.15, 0.2) is 36.5 Å². The summed E-state index contributed by atoms with van der Waals surface area (Å²) in [6.45, 7) is 7.72. The Morgan fingerprint density at radius 1 is 0.407 bits per heavy atom. The molecule has 0 aliphatic rings. The summed E-state index contributed by atoms with van der Waals surface area (Å²) in [6, 6.07) is 0. The molecule has 0 amide bonds. The normalized spacial score (nSPS) is 12.4. The fourth-order valence-corrected chi connectivity index (χ4v) is 6.59. The SMILES string of the molecule is CCCCC/C=C\C/C=C\CCCCCCCCCCOCC(COC(=O)CCCCCCC/C=C\CCCCCCCC)OC(=O)CCCCCCC. The second kappa shape index (κ2) is 45.5. The van der Waals surface area contributed by atoms with Crippen molar-refractivity contribution in [1.82, 2.24) is 0 Å². The number of esters is 2. The molecule has 0 bridgehead atoms. The molecule has 0 aliphatic carbocycles. The zero-order valence-electron chi connectivity index (χ0n) is 36.2. The van der Waals surface area contributed by atoms with Crippen LogP contribution in [0.3, 0.4) is 0 Å². The highest BCUT2D eigenvalue weighted by atomic mass is 16.6. The van der Waals surface area contributed by atoms with Crippen LogP contribution in [-0.4, -0.2) is 37.9 Å². The molecule has 0 aromatic carbocycles. The van der Waals surface area contributed by atoms with Crippen LogP contribution in [0.4, 0.5) is 0 Å². The Labute approximate surface area is 336 Å². The summed E-state index contributed by atoms with van der Waals surface area (Å²) in [6.07, 6.45) is 53.1. The number of carbonyl (C=O) groups excluding carboxylic acids is 2. The quantitative estimate of drug-likeness (QED) is 0.0352. The first kappa shape index (κ1) is 52.1. The lowest BCUT2D eigenvalue weighted by atomic mass is 10.1. The number of rotatable bonds is 43. The Bertz CT molecular complexity index is 862. The van der Waals surface area contributed by atoms with E-state index in [4.69, 9.17) is 14.2 Å². The van der Waals surface area contributed by atoms with Crippen molar-refractivity contribution >= 4 is 11.9 Å². The van der Waals surface area contributed by atoms with E-state index in [9.17, 15) is 9.59 Å². The maximum Gasteiger partial charge on any atom is 0.306 e. The van der Waals surface area contributed by atoms with Gasteiger partial charge in [0.15, 0.2) is 6.10 Å². The zero-order chi connectivity index (χ0) is 39.3. The van der Waals surface area contributed by atoms with Crippen LogP contribution in [0.1, 0.15) is 239 Å². The van der Waals surface area contributed by atoms with Gasteiger partial charge in [-0.2, -0.15) is 0 Å². The molecule has 54 heavy (non-hydrogen) atoms. The molecule has 1 unspecified atom stereocenters. The molecular weight excluding hydrogens is 669 g/mol. The van der Waals surface area contributed by atoms with Crippen molar-refractivity contribution in [3.05, 3.63) is 36.5 Å². The van der Waals surface area contributed by atoms with Gasteiger partial charge in [-0.05, 0) is 77.0 Å². The van der Waals surface area contributed by atoms with Gasteiger partial charge in [-0.25, -0.2) is 0 Å². The highest BCUT2D eigenvalue weighted by Gasteiger charge is 2.17. The Hall–Kier alpha value is -1.88. The van der Waals surface area contributed by atoms with Crippen molar-refractivity contribution in [2.75, 3.05) is 19.8 Å². The van der Waals surface area contributed by atoms with E-state index in [1.54, 1.807) is 0 Å². The lowest BCUT2D eigenvalue weighted by Crippen LogP contribution is -2.30. The smallest absolute Gasteiger partial charge is 0.306 e. The van der Waals surface area contributed by atoms with E-state index >= 15 is 0 Å². The van der Waals surface area contributed by atoms with E-state index in [0.717, 1.165) is 64.2 Å². The minimum Gasteiger partial charge on any atom is -0.462 e. The van der Waals surface area contributed by atoms with Gasteiger partial charge in [0.2, 0.25) is 0 Å². The summed E-state index contributed by atoms with van der Waals surface area (Å²) in [4.78, 5) is 25.0. The standard InChI is InChI=1S/C49H90O5/c1-4-7-10-13-15-17-19-21-23-24-25-27-29-31-33-35-38-41-44-52-45-47(54-49(51)43-40-36-12-9-6-3)46-53-48(50)42-39-37-34-32-30-28-26-22-20-18-16-14-11-8-5-2/h15,17,21-23,26,47H,4-14,16,18-20,24-25,27-46H2,1-3H3/b17-15-,23-21-,26-22-. The molecule has 316 valence electrons. The molecule has 0 aromatic heterocycles. The molecular formula is C49H90O5. The Kier molecular flexibility index (Phi) is 43.9. The third-order valence-corrected chi connectivity index (χ3v) is 10.1. The molecule has 0 fully saturated rings.